The minimum atomic E-state index is -0.476. The van der Waals surface area contributed by atoms with Crippen LogP contribution in [0.1, 0.15) is 10.9 Å². The monoisotopic (exact) mass is 216 g/mol. The van der Waals surface area contributed by atoms with E-state index >= 15 is 0 Å². The van der Waals surface area contributed by atoms with Gasteiger partial charge in [0.05, 0.1) is 6.07 Å². The maximum absolute atomic E-state index is 8.41. The molecule has 0 saturated carbocycles. The summed E-state index contributed by atoms with van der Waals surface area (Å²) in [5.41, 5.74) is 5.44. The predicted octanol–water partition coefficient (Wildman–Crippen LogP) is 2.03. The lowest BCUT2D eigenvalue weighted by molar-refractivity contribution is 0.951. The van der Waals surface area contributed by atoms with Gasteiger partial charge >= 0.3 is 0 Å². The normalized spacial score (nSPS) is 12.5. The molecule has 2 N–H and O–H groups in total. The molecule has 0 saturated heterocycles. The second kappa shape index (κ2) is 3.15. The van der Waals surface area contributed by atoms with E-state index < -0.39 is 6.04 Å². The molecule has 0 fully saturated rings. The highest BCUT2D eigenvalue weighted by Gasteiger charge is 2.05. The van der Waals surface area contributed by atoms with E-state index in [2.05, 4.69) is 15.9 Å². The van der Waals surface area contributed by atoms with Crippen LogP contribution in [0, 0.1) is 11.3 Å². The Balaban J connectivity index is 2.87. The van der Waals surface area contributed by atoms with Crippen molar-refractivity contribution in [2.75, 3.05) is 0 Å². The summed E-state index contributed by atoms with van der Waals surface area (Å²) in [6, 6.07) is 3.35. The van der Waals surface area contributed by atoms with Crippen molar-refractivity contribution in [3.63, 3.8) is 0 Å². The largest absolute Gasteiger partial charge is 0.312 e. The van der Waals surface area contributed by atoms with Gasteiger partial charge in [0, 0.05) is 14.7 Å². The van der Waals surface area contributed by atoms with Gasteiger partial charge < -0.3 is 5.73 Å². The fourth-order valence-electron chi connectivity index (χ4n) is 0.555. The van der Waals surface area contributed by atoms with Crippen molar-refractivity contribution in [1.29, 1.82) is 5.26 Å². The number of rotatable bonds is 1. The molecule has 0 aliphatic heterocycles. The topological polar surface area (TPSA) is 49.8 Å². The Kier molecular flexibility index (Phi) is 2.44. The molecule has 1 heterocycles. The molecule has 0 spiro atoms. The minimum Gasteiger partial charge on any atom is -0.312 e. The SMILES string of the molecule is N#C[C@@H](N)c1cc(Br)cs1. The van der Waals surface area contributed by atoms with Gasteiger partial charge in [0.25, 0.3) is 0 Å². The summed E-state index contributed by atoms with van der Waals surface area (Å²) in [5.74, 6) is 0. The van der Waals surface area contributed by atoms with Crippen LogP contribution < -0.4 is 5.73 Å². The van der Waals surface area contributed by atoms with Gasteiger partial charge in [0.15, 0.2) is 0 Å². The molecule has 0 unspecified atom stereocenters. The second-order valence-corrected chi connectivity index (χ2v) is 3.63. The first-order chi connectivity index (χ1) is 4.74. The minimum absolute atomic E-state index is 0.476. The van der Waals surface area contributed by atoms with Crippen LogP contribution in [0.2, 0.25) is 0 Å². The van der Waals surface area contributed by atoms with Crippen LogP contribution in [0.25, 0.3) is 0 Å². The smallest absolute Gasteiger partial charge is 0.128 e. The Morgan fingerprint density at radius 1 is 1.80 bits per heavy atom. The van der Waals surface area contributed by atoms with E-state index in [1.165, 1.54) is 11.3 Å². The molecule has 0 aliphatic rings. The van der Waals surface area contributed by atoms with Gasteiger partial charge in [-0.3, -0.25) is 0 Å². The Morgan fingerprint density at radius 3 is 2.90 bits per heavy atom. The fourth-order valence-corrected chi connectivity index (χ4v) is 1.94. The van der Waals surface area contributed by atoms with Crippen molar-refractivity contribution in [1.82, 2.24) is 0 Å². The number of nitrogens with zero attached hydrogens (tertiary/aromatic N) is 1. The Morgan fingerprint density at radius 2 is 2.50 bits per heavy atom. The first-order valence-electron chi connectivity index (χ1n) is 2.63. The van der Waals surface area contributed by atoms with Crippen LogP contribution in [0.4, 0.5) is 0 Å². The zero-order valence-electron chi connectivity index (χ0n) is 5.04. The highest BCUT2D eigenvalue weighted by atomic mass is 79.9. The summed E-state index contributed by atoms with van der Waals surface area (Å²) < 4.78 is 0.984. The molecule has 0 aliphatic carbocycles. The number of nitriles is 1. The molecule has 1 aromatic rings. The summed E-state index contributed by atoms with van der Waals surface area (Å²) in [6.45, 7) is 0. The summed E-state index contributed by atoms with van der Waals surface area (Å²) >= 11 is 4.76. The van der Waals surface area contributed by atoms with Crippen molar-refractivity contribution in [2.24, 2.45) is 5.73 Å². The maximum Gasteiger partial charge on any atom is 0.128 e. The lowest BCUT2D eigenvalue weighted by Gasteiger charge is -1.93. The number of nitrogens with two attached hydrogens (primary N) is 1. The van der Waals surface area contributed by atoms with Crippen molar-refractivity contribution in [3.8, 4) is 6.07 Å². The Labute approximate surface area is 71.4 Å². The molecule has 52 valence electrons. The lowest BCUT2D eigenvalue weighted by Crippen LogP contribution is -2.04. The zero-order valence-corrected chi connectivity index (χ0v) is 7.45. The number of hydrogen-bond donors (Lipinski definition) is 1. The highest BCUT2D eigenvalue weighted by Crippen LogP contribution is 2.23. The average molecular weight is 217 g/mol. The van der Waals surface area contributed by atoms with E-state index in [1.54, 1.807) is 0 Å². The van der Waals surface area contributed by atoms with Crippen LogP contribution >= 0.6 is 27.3 Å². The maximum atomic E-state index is 8.41. The van der Waals surface area contributed by atoms with Gasteiger partial charge in [-0.2, -0.15) is 5.26 Å². The second-order valence-electron chi connectivity index (χ2n) is 1.77. The van der Waals surface area contributed by atoms with Gasteiger partial charge in [-0.1, -0.05) is 0 Å². The van der Waals surface area contributed by atoms with E-state index in [0.717, 1.165) is 9.35 Å². The molecule has 0 radical (unpaired) electrons. The highest BCUT2D eigenvalue weighted by molar-refractivity contribution is 9.10. The molecule has 0 aromatic carbocycles. The van der Waals surface area contributed by atoms with E-state index in [4.69, 9.17) is 11.0 Å². The third-order valence-electron chi connectivity index (χ3n) is 1.03. The third-order valence-corrected chi connectivity index (χ3v) is 2.81. The molecule has 1 atom stereocenters. The predicted molar refractivity (Wildman–Crippen MR) is 44.6 cm³/mol. The third kappa shape index (κ3) is 1.57. The van der Waals surface area contributed by atoms with E-state index in [-0.39, 0.29) is 0 Å². The molecule has 4 heteroatoms. The van der Waals surface area contributed by atoms with Crippen LogP contribution in [0.15, 0.2) is 15.9 Å². The average Bonchev–Trinajstić information content (AvgIpc) is 2.34. The molecule has 0 bridgehead atoms. The Hall–Kier alpha value is -0.370. The molecule has 0 amide bonds. The first kappa shape index (κ1) is 7.73. The molecule has 10 heavy (non-hydrogen) atoms. The molecule has 2 nitrogen and oxygen atoms in total. The van der Waals surface area contributed by atoms with Gasteiger partial charge in [0.1, 0.15) is 6.04 Å². The van der Waals surface area contributed by atoms with Crippen molar-refractivity contribution in [3.05, 3.63) is 20.8 Å². The Bertz CT molecular complexity index is 263. The number of hydrogen-bond acceptors (Lipinski definition) is 3. The molecule has 1 aromatic heterocycles. The van der Waals surface area contributed by atoms with Crippen LogP contribution in [0.5, 0.6) is 0 Å². The first-order valence-corrected chi connectivity index (χ1v) is 4.30. The van der Waals surface area contributed by atoms with Gasteiger partial charge in [-0.05, 0) is 22.0 Å². The summed E-state index contributed by atoms with van der Waals surface area (Å²) in [6.07, 6.45) is 0. The summed E-state index contributed by atoms with van der Waals surface area (Å²) in [5, 5.41) is 10.3. The van der Waals surface area contributed by atoms with Crippen molar-refractivity contribution in [2.45, 2.75) is 6.04 Å². The van der Waals surface area contributed by atoms with Gasteiger partial charge in [0.2, 0.25) is 0 Å². The molecular weight excluding hydrogens is 212 g/mol. The summed E-state index contributed by atoms with van der Waals surface area (Å²) in [7, 11) is 0. The van der Waals surface area contributed by atoms with Gasteiger partial charge in [-0.25, -0.2) is 0 Å². The van der Waals surface area contributed by atoms with E-state index in [1.807, 2.05) is 17.5 Å². The lowest BCUT2D eigenvalue weighted by atomic mass is 10.3. The van der Waals surface area contributed by atoms with Crippen LogP contribution in [-0.2, 0) is 0 Å². The van der Waals surface area contributed by atoms with E-state index in [0.29, 0.717) is 0 Å². The summed E-state index contributed by atoms with van der Waals surface area (Å²) in [4.78, 5) is 0.898. The van der Waals surface area contributed by atoms with Crippen LogP contribution in [-0.4, -0.2) is 0 Å². The van der Waals surface area contributed by atoms with Crippen LogP contribution in [0.3, 0.4) is 0 Å². The van der Waals surface area contributed by atoms with Crippen molar-refractivity contribution >= 4 is 27.3 Å². The number of halogens is 1. The van der Waals surface area contributed by atoms with Crippen molar-refractivity contribution < 1.29 is 0 Å². The fraction of sp³-hybridized carbons (Fsp3) is 0.167. The quantitative estimate of drug-likeness (QED) is 0.782. The zero-order chi connectivity index (χ0) is 7.56. The molecular formula is C6H5BrN2S. The molecule has 1 rings (SSSR count). The van der Waals surface area contributed by atoms with Gasteiger partial charge in [-0.15, -0.1) is 11.3 Å². The standard InChI is InChI=1S/C6H5BrN2S/c7-4-1-6(10-3-4)5(9)2-8/h1,3,5H,9H2/t5-/m1/s1. The number of thiophene rings is 1. The van der Waals surface area contributed by atoms with E-state index in [9.17, 15) is 0 Å².